The number of hydrogen-bond donors (Lipinski definition) is 8. The third kappa shape index (κ3) is 7.28. The topological polar surface area (TPSA) is 244 Å². The predicted octanol–water partition coefficient (Wildman–Crippen LogP) is -0.134. The second-order valence-electron chi connectivity index (χ2n) is 9.70. The van der Waals surface area contributed by atoms with E-state index in [2.05, 4.69) is 26.3 Å². The lowest BCUT2D eigenvalue weighted by molar-refractivity contribution is -0.173. The lowest BCUT2D eigenvalue weighted by Crippen LogP contribution is -2.54. The Morgan fingerprint density at radius 1 is 1.05 bits per heavy atom. The normalized spacial score (nSPS) is 15.5. The maximum absolute atomic E-state index is 13.2. The van der Waals surface area contributed by atoms with Crippen LogP contribution in [0.25, 0.3) is 11.1 Å². The quantitative estimate of drug-likeness (QED) is 0.0820. The summed E-state index contributed by atoms with van der Waals surface area (Å²) in [7, 11) is 0. The first kappa shape index (κ1) is 30.6. The largest absolute Gasteiger partial charge is 0.507 e. The number of oxazole rings is 1. The zero-order valence-corrected chi connectivity index (χ0v) is 22.7. The van der Waals surface area contributed by atoms with Crippen molar-refractivity contribution >= 4 is 40.6 Å². The highest BCUT2D eigenvalue weighted by Crippen LogP contribution is 2.28. The molecule has 3 aromatic rings. The van der Waals surface area contributed by atoms with E-state index < -0.39 is 65.4 Å². The van der Waals surface area contributed by atoms with Crippen molar-refractivity contribution in [1.29, 1.82) is 0 Å². The minimum absolute atomic E-state index is 0.000361. The molecule has 0 unspecified atom stereocenters. The molecule has 16 heteroatoms. The number of nitrogens with zero attached hydrogens (tertiary/aromatic N) is 2. The molecule has 228 valence electrons. The van der Waals surface area contributed by atoms with E-state index in [1.165, 1.54) is 30.3 Å². The Morgan fingerprint density at radius 2 is 1.84 bits per heavy atom. The number of amides is 5. The molecule has 2 aromatic carbocycles. The molecule has 2 heterocycles. The van der Waals surface area contributed by atoms with Crippen molar-refractivity contribution in [3.8, 4) is 17.2 Å². The van der Waals surface area contributed by atoms with E-state index in [-0.39, 0.29) is 48.2 Å². The highest BCUT2D eigenvalue weighted by molar-refractivity contribution is 6.08. The standard InChI is InChI=1S/C27H30N6O10/c34-17-8-9-19-22(30-13-43-19)21(17)26(40)32-15(5-2-10-28-24(38)14-4-1-7-18(35)23(14)37)25(39)29-12-20(36)31-16-6-3-11-33(42)27(16)41/h1,4,7-9,13,15-16,34-35,37,42H,2-3,5-6,10-12H2,(H,28,38)(H,29,39)(H,31,36)(H,32,40)/t15-,16+/m1/s1. The van der Waals surface area contributed by atoms with Gasteiger partial charge in [0.25, 0.3) is 17.7 Å². The van der Waals surface area contributed by atoms with Crippen LogP contribution in [0.15, 0.2) is 41.1 Å². The summed E-state index contributed by atoms with van der Waals surface area (Å²) in [4.78, 5) is 67.0. The van der Waals surface area contributed by atoms with Crippen LogP contribution in [0.4, 0.5) is 0 Å². The van der Waals surface area contributed by atoms with Crippen molar-refractivity contribution in [1.82, 2.24) is 31.3 Å². The molecule has 1 saturated heterocycles. The molecular weight excluding hydrogens is 568 g/mol. The molecule has 1 aromatic heterocycles. The molecule has 0 spiro atoms. The minimum Gasteiger partial charge on any atom is -0.507 e. The van der Waals surface area contributed by atoms with Crippen LogP contribution < -0.4 is 21.3 Å². The number of phenols is 3. The van der Waals surface area contributed by atoms with E-state index in [9.17, 15) is 44.5 Å². The van der Waals surface area contributed by atoms with Crippen molar-refractivity contribution < 1.29 is 48.9 Å². The summed E-state index contributed by atoms with van der Waals surface area (Å²) in [6, 6.07) is 4.35. The molecule has 2 atom stereocenters. The Balaban J connectivity index is 1.40. The second kappa shape index (κ2) is 13.5. The van der Waals surface area contributed by atoms with Gasteiger partial charge in [-0.05, 0) is 49.9 Å². The van der Waals surface area contributed by atoms with Gasteiger partial charge in [-0.3, -0.25) is 29.2 Å². The Bertz CT molecular complexity index is 1540. The van der Waals surface area contributed by atoms with Crippen LogP contribution in [0.5, 0.6) is 17.2 Å². The maximum Gasteiger partial charge on any atom is 0.268 e. The number of phenolic OH excluding ortho intramolecular Hbond substituents is 3. The molecular formula is C27H30N6O10. The Hall–Kier alpha value is -5.38. The highest BCUT2D eigenvalue weighted by Gasteiger charge is 2.30. The summed E-state index contributed by atoms with van der Waals surface area (Å²) >= 11 is 0. The van der Waals surface area contributed by atoms with Crippen LogP contribution in [0.3, 0.4) is 0 Å². The fourth-order valence-corrected chi connectivity index (χ4v) is 4.49. The van der Waals surface area contributed by atoms with Crippen molar-refractivity contribution in [2.24, 2.45) is 0 Å². The Morgan fingerprint density at radius 3 is 2.63 bits per heavy atom. The molecule has 0 radical (unpaired) electrons. The van der Waals surface area contributed by atoms with Gasteiger partial charge in [0.05, 0.1) is 12.1 Å². The lowest BCUT2D eigenvalue weighted by Gasteiger charge is -2.28. The third-order valence-electron chi connectivity index (χ3n) is 6.72. The van der Waals surface area contributed by atoms with Gasteiger partial charge < -0.3 is 41.0 Å². The van der Waals surface area contributed by atoms with E-state index in [1.807, 2.05) is 0 Å². The van der Waals surface area contributed by atoms with Gasteiger partial charge in [0, 0.05) is 13.1 Å². The minimum atomic E-state index is -1.25. The van der Waals surface area contributed by atoms with Gasteiger partial charge in [-0.15, -0.1) is 0 Å². The number of rotatable bonds is 11. The molecule has 16 nitrogen and oxygen atoms in total. The van der Waals surface area contributed by atoms with Gasteiger partial charge in [0.1, 0.15) is 28.9 Å². The number of nitrogens with one attached hydrogen (secondary N) is 4. The number of piperidine rings is 1. The van der Waals surface area contributed by atoms with E-state index in [0.717, 1.165) is 6.39 Å². The van der Waals surface area contributed by atoms with Crippen LogP contribution in [0, 0.1) is 0 Å². The van der Waals surface area contributed by atoms with Gasteiger partial charge in [-0.2, -0.15) is 0 Å². The van der Waals surface area contributed by atoms with Crippen LogP contribution in [-0.4, -0.2) is 91.8 Å². The summed E-state index contributed by atoms with van der Waals surface area (Å²) < 4.78 is 5.17. The zero-order chi connectivity index (χ0) is 31.1. The van der Waals surface area contributed by atoms with E-state index in [1.54, 1.807) is 0 Å². The second-order valence-corrected chi connectivity index (χ2v) is 9.70. The molecule has 0 aliphatic carbocycles. The van der Waals surface area contributed by atoms with Crippen molar-refractivity contribution in [2.75, 3.05) is 19.6 Å². The molecule has 0 bridgehead atoms. The van der Waals surface area contributed by atoms with Crippen LogP contribution in [0.1, 0.15) is 46.4 Å². The molecule has 43 heavy (non-hydrogen) atoms. The van der Waals surface area contributed by atoms with E-state index in [0.29, 0.717) is 17.9 Å². The first-order chi connectivity index (χ1) is 20.6. The predicted molar refractivity (Wildman–Crippen MR) is 146 cm³/mol. The van der Waals surface area contributed by atoms with Gasteiger partial charge in [0.2, 0.25) is 11.8 Å². The molecule has 1 aliphatic rings. The molecule has 4 rings (SSSR count). The average Bonchev–Trinajstić information content (AvgIpc) is 3.45. The number of aromatic nitrogens is 1. The molecule has 1 aliphatic heterocycles. The summed E-state index contributed by atoms with van der Waals surface area (Å²) in [5.41, 5.74) is -0.120. The zero-order valence-electron chi connectivity index (χ0n) is 22.7. The first-order valence-corrected chi connectivity index (χ1v) is 13.3. The SMILES string of the molecule is O=C(CNC(=O)[C@@H](CCCNC(=O)c1cccc(O)c1O)NC(=O)c1c(O)ccc2ocnc12)N[C@H]1CCCN(O)C1=O. The lowest BCUT2D eigenvalue weighted by atomic mass is 10.1. The van der Waals surface area contributed by atoms with Gasteiger partial charge in [-0.1, -0.05) is 6.07 Å². The number of hydroxylamine groups is 2. The summed E-state index contributed by atoms with van der Waals surface area (Å²) in [5, 5.41) is 49.8. The van der Waals surface area contributed by atoms with Crippen molar-refractivity contribution in [3.05, 3.63) is 47.9 Å². The molecule has 1 fully saturated rings. The number of para-hydroxylation sites is 1. The maximum atomic E-state index is 13.2. The number of aromatic hydroxyl groups is 3. The fourth-order valence-electron chi connectivity index (χ4n) is 4.49. The number of fused-ring (bicyclic) bond motifs is 1. The summed E-state index contributed by atoms with van der Waals surface area (Å²) in [6.45, 7) is -0.395. The van der Waals surface area contributed by atoms with Crippen LogP contribution in [-0.2, 0) is 14.4 Å². The number of hydrogen-bond acceptors (Lipinski definition) is 11. The van der Waals surface area contributed by atoms with Crippen LogP contribution >= 0.6 is 0 Å². The first-order valence-electron chi connectivity index (χ1n) is 13.3. The molecule has 0 saturated carbocycles. The third-order valence-corrected chi connectivity index (χ3v) is 6.72. The number of carbonyl (C=O) groups excluding carboxylic acids is 5. The van der Waals surface area contributed by atoms with Gasteiger partial charge >= 0.3 is 0 Å². The van der Waals surface area contributed by atoms with Gasteiger partial charge in [-0.25, -0.2) is 10.0 Å². The number of benzene rings is 2. The van der Waals surface area contributed by atoms with E-state index >= 15 is 0 Å². The number of carbonyl (C=O) groups is 5. The monoisotopic (exact) mass is 598 g/mol. The van der Waals surface area contributed by atoms with Crippen molar-refractivity contribution in [3.63, 3.8) is 0 Å². The highest BCUT2D eigenvalue weighted by atomic mass is 16.5. The summed E-state index contributed by atoms with van der Waals surface area (Å²) in [6.07, 6.45) is 1.97. The van der Waals surface area contributed by atoms with E-state index in [4.69, 9.17) is 4.42 Å². The Kier molecular flexibility index (Phi) is 9.61. The molecule has 8 N–H and O–H groups in total. The fraction of sp³-hybridized carbons (Fsp3) is 0.333. The smallest absolute Gasteiger partial charge is 0.268 e. The van der Waals surface area contributed by atoms with Crippen LogP contribution in [0.2, 0.25) is 0 Å². The Labute approximate surface area is 243 Å². The average molecular weight is 599 g/mol. The van der Waals surface area contributed by atoms with Crippen molar-refractivity contribution in [2.45, 2.75) is 37.8 Å². The summed E-state index contributed by atoms with van der Waals surface area (Å²) in [5.74, 6) is -5.15. The van der Waals surface area contributed by atoms with Gasteiger partial charge in [0.15, 0.2) is 23.5 Å². The molecule has 5 amide bonds.